The van der Waals surface area contributed by atoms with E-state index in [9.17, 15) is 4.79 Å². The van der Waals surface area contributed by atoms with Gasteiger partial charge in [0.15, 0.2) is 11.2 Å². The van der Waals surface area contributed by atoms with Gasteiger partial charge in [-0.1, -0.05) is 82.3 Å². The summed E-state index contributed by atoms with van der Waals surface area (Å²) < 4.78 is 32.0. The molecule has 1 fully saturated rings. The van der Waals surface area contributed by atoms with Crippen LogP contribution in [0.15, 0.2) is 61.4 Å². The van der Waals surface area contributed by atoms with Crippen LogP contribution in [0.25, 0.3) is 33.8 Å². The lowest BCUT2D eigenvalue weighted by Crippen LogP contribution is -2.44. The lowest BCUT2D eigenvalue weighted by molar-refractivity contribution is -0.170. The van der Waals surface area contributed by atoms with Crippen molar-refractivity contribution in [2.24, 2.45) is 0 Å². The quantitative estimate of drug-likeness (QED) is 0.0300. The zero-order valence-corrected chi connectivity index (χ0v) is 36.4. The minimum absolute atomic E-state index is 0.0345. The Morgan fingerprint density at radius 1 is 0.909 bits per heavy atom. The largest absolute Gasteiger partial charge is 0.494 e. The second-order valence-corrected chi connectivity index (χ2v) is 28.1. The molecule has 13 heteroatoms. The van der Waals surface area contributed by atoms with Crippen LogP contribution in [0.2, 0.25) is 51.4 Å². The number of fused-ring (bicyclic) bond motifs is 1. The Hall–Kier alpha value is -3.89. The molecule has 0 saturated heterocycles. The molecule has 11 nitrogen and oxygen atoms in total. The first-order chi connectivity index (χ1) is 26.2. The summed E-state index contributed by atoms with van der Waals surface area (Å²) in [5, 5.41) is 5.00. The van der Waals surface area contributed by atoms with Gasteiger partial charge in [0.25, 0.3) is 0 Å². The van der Waals surface area contributed by atoms with Crippen molar-refractivity contribution in [1.29, 1.82) is 0 Å². The van der Waals surface area contributed by atoms with Crippen molar-refractivity contribution in [3.05, 3.63) is 72.7 Å². The third kappa shape index (κ3) is 10.5. The fourth-order valence-electron chi connectivity index (χ4n) is 6.93. The molecule has 0 N–H and O–H groups in total. The Balaban J connectivity index is 1.67. The molecule has 1 aliphatic rings. The number of anilines is 1. The average molecular weight is 788 g/mol. The Morgan fingerprint density at radius 2 is 1.55 bits per heavy atom. The molecular weight excluding hydrogens is 727 g/mol. The van der Waals surface area contributed by atoms with Gasteiger partial charge in [0.05, 0.1) is 36.9 Å². The number of aromatic nitrogens is 4. The van der Waals surface area contributed by atoms with Crippen molar-refractivity contribution in [1.82, 2.24) is 19.6 Å². The maximum Gasteiger partial charge on any atom is 0.338 e. The van der Waals surface area contributed by atoms with Crippen molar-refractivity contribution >= 4 is 39.3 Å². The minimum Gasteiger partial charge on any atom is -0.494 e. The maximum atomic E-state index is 13.0. The highest BCUT2D eigenvalue weighted by Crippen LogP contribution is 2.45. The van der Waals surface area contributed by atoms with Crippen LogP contribution < -0.4 is 4.90 Å². The standard InChI is InChI=1S/C42H61N5O6Si2/c1-11-53-31(2)37-38(33-19-21-42(50-4,22-20-33)41(48)49-3)45-39-35(34-17-18-36(43-27-34)32-15-13-12-14-16-32)28-44-47(39)40(37)46(29-51-23-25-54(5,6)7)30-52-24-26-55(8,9)10/h12-18,27-28,33H,2,11,19-26,29-30H2,1,3-10H3/t33-,42+. The maximum absolute atomic E-state index is 13.0. The Morgan fingerprint density at radius 3 is 2.07 bits per heavy atom. The number of ether oxygens (including phenoxy) is 5. The summed E-state index contributed by atoms with van der Waals surface area (Å²) in [6, 6.07) is 16.3. The summed E-state index contributed by atoms with van der Waals surface area (Å²) in [4.78, 5) is 25.3. The number of pyridine rings is 1. The van der Waals surface area contributed by atoms with E-state index in [1.165, 1.54) is 7.11 Å². The zero-order valence-electron chi connectivity index (χ0n) is 34.4. The molecule has 4 aromatic rings. The summed E-state index contributed by atoms with van der Waals surface area (Å²) in [5.74, 6) is 0.862. The van der Waals surface area contributed by atoms with Gasteiger partial charge in [-0.15, -0.1) is 0 Å². The van der Waals surface area contributed by atoms with Crippen LogP contribution in [0, 0.1) is 0 Å². The summed E-state index contributed by atoms with van der Waals surface area (Å²) >= 11 is 0. The molecular formula is C42H61N5O6Si2. The number of methoxy groups -OCH3 is 2. The predicted molar refractivity (Wildman–Crippen MR) is 226 cm³/mol. The molecule has 0 unspecified atom stereocenters. The molecule has 3 heterocycles. The molecule has 0 atom stereocenters. The van der Waals surface area contributed by atoms with E-state index in [1.54, 1.807) is 7.11 Å². The fourth-order valence-corrected chi connectivity index (χ4v) is 8.45. The Bertz CT molecular complexity index is 1860. The van der Waals surface area contributed by atoms with E-state index in [-0.39, 0.29) is 25.3 Å². The number of carbonyl (C=O) groups is 1. The molecule has 1 saturated carbocycles. The van der Waals surface area contributed by atoms with Gasteiger partial charge in [-0.05, 0) is 50.8 Å². The first-order valence-electron chi connectivity index (χ1n) is 19.5. The smallest absolute Gasteiger partial charge is 0.338 e. The number of nitrogens with zero attached hydrogens (tertiary/aromatic N) is 5. The number of hydrogen-bond donors (Lipinski definition) is 0. The van der Waals surface area contributed by atoms with E-state index in [2.05, 4.69) is 69.0 Å². The number of esters is 1. The third-order valence-corrected chi connectivity index (χ3v) is 13.7. The Kier molecular flexibility index (Phi) is 14.1. The molecule has 0 bridgehead atoms. The summed E-state index contributed by atoms with van der Waals surface area (Å²) in [7, 11) is 0.311. The van der Waals surface area contributed by atoms with Gasteiger partial charge in [0, 0.05) is 65.3 Å². The van der Waals surface area contributed by atoms with E-state index in [4.69, 9.17) is 38.8 Å². The van der Waals surface area contributed by atoms with Gasteiger partial charge in [0.1, 0.15) is 25.0 Å². The fraction of sp³-hybridized carbons (Fsp3) is 0.524. The SMILES string of the molecule is C=C(OCC)c1c(N(COCC[Si](C)(C)C)COCC[Si](C)(C)C)n2ncc(-c3ccc(-c4ccccc4)nc3)c2nc1[C@H]1CC[C@](OC)(C(=O)OC)CC1. The summed E-state index contributed by atoms with van der Waals surface area (Å²) in [6.45, 7) is 22.8. The second kappa shape index (κ2) is 18.4. The molecule has 0 amide bonds. The van der Waals surface area contributed by atoms with E-state index in [0.29, 0.717) is 56.9 Å². The van der Waals surface area contributed by atoms with Crippen LogP contribution in [0.1, 0.15) is 49.8 Å². The first kappa shape index (κ1) is 42.3. The molecule has 0 aliphatic heterocycles. The van der Waals surface area contributed by atoms with Crippen molar-refractivity contribution in [2.75, 3.05) is 52.4 Å². The van der Waals surface area contributed by atoms with Crippen molar-refractivity contribution in [3.63, 3.8) is 0 Å². The molecule has 0 spiro atoms. The van der Waals surface area contributed by atoms with Crippen LogP contribution in [0.5, 0.6) is 0 Å². The van der Waals surface area contributed by atoms with Crippen LogP contribution >= 0.6 is 0 Å². The number of hydrogen-bond acceptors (Lipinski definition) is 10. The van der Waals surface area contributed by atoms with Crippen molar-refractivity contribution in [3.8, 4) is 22.4 Å². The highest BCUT2D eigenvalue weighted by atomic mass is 28.3. The van der Waals surface area contributed by atoms with Crippen LogP contribution in [0.3, 0.4) is 0 Å². The average Bonchev–Trinajstić information content (AvgIpc) is 3.60. The van der Waals surface area contributed by atoms with Crippen molar-refractivity contribution < 1.29 is 28.5 Å². The highest BCUT2D eigenvalue weighted by molar-refractivity contribution is 6.76. The molecule has 3 aromatic heterocycles. The van der Waals surface area contributed by atoms with Crippen LogP contribution in [-0.2, 0) is 28.5 Å². The normalized spacial score (nSPS) is 17.7. The number of benzene rings is 1. The summed E-state index contributed by atoms with van der Waals surface area (Å²) in [6.07, 6.45) is 6.01. The topological polar surface area (TPSA) is 110 Å². The highest BCUT2D eigenvalue weighted by Gasteiger charge is 2.45. The van der Waals surface area contributed by atoms with Gasteiger partial charge < -0.3 is 28.6 Å². The third-order valence-electron chi connectivity index (χ3n) is 10.3. The molecule has 298 valence electrons. The molecule has 5 rings (SSSR count). The van der Waals surface area contributed by atoms with Crippen LogP contribution in [-0.4, -0.2) is 94.8 Å². The van der Waals surface area contributed by atoms with Gasteiger partial charge in [-0.3, -0.25) is 4.98 Å². The van der Waals surface area contributed by atoms with E-state index >= 15 is 0 Å². The van der Waals surface area contributed by atoms with E-state index in [1.807, 2.05) is 48.1 Å². The second-order valence-electron chi connectivity index (χ2n) is 16.8. The monoisotopic (exact) mass is 787 g/mol. The van der Waals surface area contributed by atoms with Gasteiger partial charge >= 0.3 is 5.97 Å². The minimum atomic E-state index is -1.34. The van der Waals surface area contributed by atoms with Crippen molar-refractivity contribution in [2.45, 2.75) is 95.5 Å². The Labute approximate surface area is 329 Å². The van der Waals surface area contributed by atoms with Gasteiger partial charge in [-0.25, -0.2) is 9.78 Å². The van der Waals surface area contributed by atoms with E-state index < -0.39 is 21.7 Å². The molecule has 1 aromatic carbocycles. The molecule has 0 radical (unpaired) electrons. The van der Waals surface area contributed by atoms with E-state index in [0.717, 1.165) is 51.5 Å². The molecule has 1 aliphatic carbocycles. The predicted octanol–water partition coefficient (Wildman–Crippen LogP) is 9.11. The number of rotatable bonds is 19. The van der Waals surface area contributed by atoms with Crippen LogP contribution in [0.4, 0.5) is 5.82 Å². The van der Waals surface area contributed by atoms with Gasteiger partial charge in [0.2, 0.25) is 0 Å². The molecule has 55 heavy (non-hydrogen) atoms. The lowest BCUT2D eigenvalue weighted by Gasteiger charge is -2.37. The first-order valence-corrected chi connectivity index (χ1v) is 26.9. The lowest BCUT2D eigenvalue weighted by atomic mass is 9.76. The van der Waals surface area contributed by atoms with Gasteiger partial charge in [-0.2, -0.15) is 9.61 Å². The number of carbonyl (C=O) groups excluding carboxylic acids is 1. The summed E-state index contributed by atoms with van der Waals surface area (Å²) in [5.41, 5.74) is 4.95. The zero-order chi connectivity index (χ0) is 39.8.